The molecule has 0 amide bonds. The van der Waals surface area contributed by atoms with Gasteiger partial charge in [-0.15, -0.1) is 6.58 Å². The molecule has 116 valence electrons. The van der Waals surface area contributed by atoms with Crippen LogP contribution >= 0.6 is 0 Å². The van der Waals surface area contributed by atoms with E-state index in [1.165, 1.54) is 5.56 Å². The summed E-state index contributed by atoms with van der Waals surface area (Å²) >= 11 is 0. The summed E-state index contributed by atoms with van der Waals surface area (Å²) in [6.45, 7) is 9.16. The standard InChI is InChI=1S/C19H28O2/c1-4-19(2,3)17-12-8-9-15-20-18(21-17)14-13-16-10-6-5-7-11-16/h4-7,10-11,17-18H,1,8-9,12-15H2,2-3H3. The van der Waals surface area contributed by atoms with Crippen LogP contribution in [-0.2, 0) is 15.9 Å². The molecule has 0 bridgehead atoms. The van der Waals surface area contributed by atoms with E-state index in [9.17, 15) is 0 Å². The highest BCUT2D eigenvalue weighted by Crippen LogP contribution is 2.31. The third kappa shape index (κ3) is 4.98. The first-order valence-electron chi connectivity index (χ1n) is 8.06. The van der Waals surface area contributed by atoms with Gasteiger partial charge in [0.15, 0.2) is 6.29 Å². The van der Waals surface area contributed by atoms with E-state index in [4.69, 9.17) is 9.47 Å². The second-order valence-corrected chi connectivity index (χ2v) is 6.47. The van der Waals surface area contributed by atoms with Crippen molar-refractivity contribution >= 4 is 0 Å². The molecule has 0 saturated carbocycles. The normalized spacial score (nSPS) is 24.1. The van der Waals surface area contributed by atoms with Crippen molar-refractivity contribution in [3.8, 4) is 0 Å². The molecule has 1 fully saturated rings. The second-order valence-electron chi connectivity index (χ2n) is 6.47. The highest BCUT2D eigenvalue weighted by Gasteiger charge is 2.30. The molecular formula is C19H28O2. The van der Waals surface area contributed by atoms with Gasteiger partial charge in [0.1, 0.15) is 0 Å². The molecule has 1 saturated heterocycles. The Bertz CT molecular complexity index is 424. The van der Waals surface area contributed by atoms with E-state index in [1.54, 1.807) is 0 Å². The maximum atomic E-state index is 6.28. The Morgan fingerprint density at radius 3 is 2.71 bits per heavy atom. The number of benzene rings is 1. The predicted octanol–water partition coefficient (Wildman–Crippen LogP) is 4.74. The van der Waals surface area contributed by atoms with Crippen molar-refractivity contribution in [1.82, 2.24) is 0 Å². The van der Waals surface area contributed by atoms with E-state index in [1.807, 2.05) is 6.08 Å². The van der Waals surface area contributed by atoms with Gasteiger partial charge in [-0.3, -0.25) is 0 Å². The lowest BCUT2D eigenvalue weighted by atomic mass is 9.83. The average molecular weight is 288 g/mol. The lowest BCUT2D eigenvalue weighted by molar-refractivity contribution is -0.201. The molecule has 2 unspecified atom stereocenters. The smallest absolute Gasteiger partial charge is 0.158 e. The Labute approximate surface area is 129 Å². The minimum Gasteiger partial charge on any atom is -0.353 e. The molecule has 2 atom stereocenters. The molecule has 0 spiro atoms. The van der Waals surface area contributed by atoms with Crippen molar-refractivity contribution in [1.29, 1.82) is 0 Å². The molecule has 2 nitrogen and oxygen atoms in total. The lowest BCUT2D eigenvalue weighted by Crippen LogP contribution is -2.36. The van der Waals surface area contributed by atoms with Crippen molar-refractivity contribution in [2.45, 2.75) is 58.3 Å². The van der Waals surface area contributed by atoms with Crippen LogP contribution in [0.4, 0.5) is 0 Å². The summed E-state index contributed by atoms with van der Waals surface area (Å²) in [6.07, 6.45) is 7.37. The topological polar surface area (TPSA) is 18.5 Å². The molecule has 1 aromatic rings. The number of hydrogen-bond acceptors (Lipinski definition) is 2. The van der Waals surface area contributed by atoms with Gasteiger partial charge < -0.3 is 9.47 Å². The van der Waals surface area contributed by atoms with Crippen LogP contribution in [0.15, 0.2) is 43.0 Å². The molecule has 1 aromatic carbocycles. The molecule has 2 heteroatoms. The maximum absolute atomic E-state index is 6.28. The highest BCUT2D eigenvalue weighted by molar-refractivity contribution is 5.14. The van der Waals surface area contributed by atoms with E-state index < -0.39 is 0 Å². The first-order chi connectivity index (χ1) is 10.1. The van der Waals surface area contributed by atoms with Gasteiger partial charge in [0.25, 0.3) is 0 Å². The number of aryl methyl sites for hydroxylation is 1. The van der Waals surface area contributed by atoms with E-state index in [2.05, 4.69) is 50.8 Å². The van der Waals surface area contributed by atoms with E-state index in [0.29, 0.717) is 0 Å². The van der Waals surface area contributed by atoms with Crippen LogP contribution in [0, 0.1) is 5.41 Å². The maximum Gasteiger partial charge on any atom is 0.158 e. The van der Waals surface area contributed by atoms with Crippen LogP contribution in [0.25, 0.3) is 0 Å². The summed E-state index contributed by atoms with van der Waals surface area (Å²) in [4.78, 5) is 0. The van der Waals surface area contributed by atoms with Crippen LogP contribution in [0.2, 0.25) is 0 Å². The minimum absolute atomic E-state index is 0.00824. The Hall–Kier alpha value is -1.12. The monoisotopic (exact) mass is 288 g/mol. The SMILES string of the molecule is C=CC(C)(C)C1CCCCOC(CCc2ccccc2)O1. The van der Waals surface area contributed by atoms with E-state index >= 15 is 0 Å². The third-order valence-electron chi connectivity index (χ3n) is 4.35. The largest absolute Gasteiger partial charge is 0.353 e. The van der Waals surface area contributed by atoms with Gasteiger partial charge in [-0.05, 0) is 31.2 Å². The molecule has 21 heavy (non-hydrogen) atoms. The van der Waals surface area contributed by atoms with Gasteiger partial charge in [0, 0.05) is 18.4 Å². The second kappa shape index (κ2) is 7.77. The average Bonchev–Trinajstić information content (AvgIpc) is 2.47. The molecule has 1 heterocycles. The van der Waals surface area contributed by atoms with Crippen molar-refractivity contribution in [3.05, 3.63) is 48.6 Å². The zero-order chi connectivity index (χ0) is 15.1. The van der Waals surface area contributed by atoms with E-state index in [-0.39, 0.29) is 17.8 Å². The molecule has 2 rings (SSSR count). The molecule has 1 aliphatic heterocycles. The fourth-order valence-electron chi connectivity index (χ4n) is 2.70. The zero-order valence-electron chi connectivity index (χ0n) is 13.4. The van der Waals surface area contributed by atoms with Crippen molar-refractivity contribution < 1.29 is 9.47 Å². The van der Waals surface area contributed by atoms with Crippen molar-refractivity contribution in [3.63, 3.8) is 0 Å². The van der Waals surface area contributed by atoms with Gasteiger partial charge >= 0.3 is 0 Å². The summed E-state index contributed by atoms with van der Waals surface area (Å²) in [5.74, 6) is 0. The Morgan fingerprint density at radius 2 is 2.00 bits per heavy atom. The summed E-state index contributed by atoms with van der Waals surface area (Å²) in [7, 11) is 0. The molecule has 1 aliphatic rings. The van der Waals surface area contributed by atoms with Crippen LogP contribution in [0.3, 0.4) is 0 Å². The molecule has 0 aliphatic carbocycles. The Kier molecular flexibility index (Phi) is 6.01. The highest BCUT2D eigenvalue weighted by atomic mass is 16.7. The Balaban J connectivity index is 1.94. The van der Waals surface area contributed by atoms with Crippen LogP contribution in [0.5, 0.6) is 0 Å². The van der Waals surface area contributed by atoms with Crippen molar-refractivity contribution in [2.75, 3.05) is 6.61 Å². The van der Waals surface area contributed by atoms with E-state index in [0.717, 1.165) is 38.7 Å². The number of rotatable bonds is 5. The molecular weight excluding hydrogens is 260 g/mol. The van der Waals surface area contributed by atoms with Gasteiger partial charge in [0.2, 0.25) is 0 Å². The molecule has 0 aromatic heterocycles. The van der Waals surface area contributed by atoms with Crippen LogP contribution in [-0.4, -0.2) is 19.0 Å². The minimum atomic E-state index is -0.102. The van der Waals surface area contributed by atoms with Gasteiger partial charge in [0.05, 0.1) is 6.10 Å². The predicted molar refractivity (Wildman–Crippen MR) is 87.2 cm³/mol. The molecule has 0 radical (unpaired) electrons. The van der Waals surface area contributed by atoms with Gasteiger partial charge in [-0.1, -0.05) is 50.3 Å². The first kappa shape index (κ1) is 16.3. The number of ether oxygens (including phenoxy) is 2. The molecule has 0 N–H and O–H groups in total. The third-order valence-corrected chi connectivity index (χ3v) is 4.35. The lowest BCUT2D eigenvalue weighted by Gasteiger charge is -2.36. The summed E-state index contributed by atoms with van der Waals surface area (Å²) in [5, 5.41) is 0. The summed E-state index contributed by atoms with van der Waals surface area (Å²) in [5.41, 5.74) is 1.33. The van der Waals surface area contributed by atoms with Crippen molar-refractivity contribution in [2.24, 2.45) is 5.41 Å². The first-order valence-corrected chi connectivity index (χ1v) is 8.06. The Morgan fingerprint density at radius 1 is 1.24 bits per heavy atom. The fraction of sp³-hybridized carbons (Fsp3) is 0.579. The quantitative estimate of drug-likeness (QED) is 0.728. The summed E-state index contributed by atoms with van der Waals surface area (Å²) < 4.78 is 12.2. The summed E-state index contributed by atoms with van der Waals surface area (Å²) in [6, 6.07) is 10.5. The zero-order valence-corrected chi connectivity index (χ0v) is 13.4. The van der Waals surface area contributed by atoms with Crippen LogP contribution < -0.4 is 0 Å². The van der Waals surface area contributed by atoms with Crippen LogP contribution in [0.1, 0.15) is 45.1 Å². The number of hydrogen-bond donors (Lipinski definition) is 0. The fourth-order valence-corrected chi connectivity index (χ4v) is 2.70. The van der Waals surface area contributed by atoms with Gasteiger partial charge in [-0.2, -0.15) is 0 Å². The van der Waals surface area contributed by atoms with Gasteiger partial charge in [-0.25, -0.2) is 0 Å².